The first-order chi connectivity index (χ1) is 8.38. The zero-order valence-corrected chi connectivity index (χ0v) is 10.3. The van der Waals surface area contributed by atoms with Gasteiger partial charge in [0.05, 0.1) is 11.8 Å². The van der Waals surface area contributed by atoms with Crippen LogP contribution in [0.15, 0.2) is 6.20 Å². The molecule has 2 rings (SSSR count). The molecule has 1 aliphatic rings. The highest BCUT2D eigenvalue weighted by Crippen LogP contribution is 2.16. The maximum Gasteiger partial charge on any atom is 0.0827 e. The van der Waals surface area contributed by atoms with E-state index in [1.807, 2.05) is 10.9 Å². The highest BCUT2D eigenvalue weighted by atomic mass is 16.5. The van der Waals surface area contributed by atoms with Gasteiger partial charge in [-0.1, -0.05) is 5.21 Å². The third-order valence-electron chi connectivity index (χ3n) is 3.16. The first kappa shape index (κ1) is 12.5. The average Bonchev–Trinajstić information content (AvgIpc) is 2.98. The second-order valence-electron chi connectivity index (χ2n) is 4.64. The maximum atomic E-state index is 5.59. The van der Waals surface area contributed by atoms with Crippen molar-refractivity contribution in [3.05, 3.63) is 11.9 Å². The van der Waals surface area contributed by atoms with Crippen LogP contribution in [-0.4, -0.2) is 34.2 Å². The molecule has 1 fully saturated rings. The number of nitrogens with zero attached hydrogens (tertiary/aromatic N) is 3. The van der Waals surface area contributed by atoms with E-state index >= 15 is 0 Å². The Kier molecular flexibility index (Phi) is 4.94. The highest BCUT2D eigenvalue weighted by Gasteiger charge is 2.14. The number of hydrogen-bond acceptors (Lipinski definition) is 4. The molecule has 1 aliphatic heterocycles. The van der Waals surface area contributed by atoms with Crippen molar-refractivity contribution in [3.8, 4) is 0 Å². The molecule has 1 unspecified atom stereocenters. The first-order valence-corrected chi connectivity index (χ1v) is 6.59. The first-order valence-electron chi connectivity index (χ1n) is 6.59. The number of rotatable bonds is 7. The molecular formula is C12H22N4O. The van der Waals surface area contributed by atoms with Gasteiger partial charge < -0.3 is 10.5 Å². The van der Waals surface area contributed by atoms with Crippen molar-refractivity contribution in [2.45, 2.75) is 51.2 Å². The lowest BCUT2D eigenvalue weighted by Crippen LogP contribution is -2.07. The molecule has 1 atom stereocenters. The van der Waals surface area contributed by atoms with Gasteiger partial charge in [0.2, 0.25) is 0 Å². The molecule has 2 N–H and O–H groups in total. The van der Waals surface area contributed by atoms with E-state index < -0.39 is 0 Å². The normalized spacial score (nSPS) is 19.9. The van der Waals surface area contributed by atoms with Crippen LogP contribution in [0.5, 0.6) is 0 Å². The van der Waals surface area contributed by atoms with Gasteiger partial charge in [-0.25, -0.2) is 0 Å². The Hall–Kier alpha value is -0.940. The molecule has 0 spiro atoms. The Balaban J connectivity index is 1.65. The molecule has 2 heterocycles. The summed E-state index contributed by atoms with van der Waals surface area (Å²) in [7, 11) is 0. The summed E-state index contributed by atoms with van der Waals surface area (Å²) in [4.78, 5) is 0. The monoisotopic (exact) mass is 238 g/mol. The van der Waals surface area contributed by atoms with Gasteiger partial charge >= 0.3 is 0 Å². The lowest BCUT2D eigenvalue weighted by atomic mass is 10.1. The fourth-order valence-electron chi connectivity index (χ4n) is 2.20. The largest absolute Gasteiger partial charge is 0.378 e. The molecule has 0 radical (unpaired) electrons. The molecule has 0 saturated carbocycles. The van der Waals surface area contributed by atoms with Crippen molar-refractivity contribution in [1.82, 2.24) is 15.0 Å². The van der Waals surface area contributed by atoms with Gasteiger partial charge in [-0.3, -0.25) is 4.68 Å². The quantitative estimate of drug-likeness (QED) is 0.773. The van der Waals surface area contributed by atoms with Crippen molar-refractivity contribution in [2.24, 2.45) is 5.73 Å². The van der Waals surface area contributed by atoms with Gasteiger partial charge in [-0.15, -0.1) is 5.10 Å². The van der Waals surface area contributed by atoms with E-state index in [9.17, 15) is 0 Å². The van der Waals surface area contributed by atoms with E-state index in [1.54, 1.807) is 0 Å². The Morgan fingerprint density at radius 1 is 1.47 bits per heavy atom. The van der Waals surface area contributed by atoms with Crippen LogP contribution < -0.4 is 5.73 Å². The lowest BCUT2D eigenvalue weighted by molar-refractivity contribution is 0.101. The van der Waals surface area contributed by atoms with E-state index in [0.717, 1.165) is 44.5 Å². The minimum absolute atomic E-state index is 0.482. The minimum atomic E-state index is 0.482. The summed E-state index contributed by atoms with van der Waals surface area (Å²) >= 11 is 0. The highest BCUT2D eigenvalue weighted by molar-refractivity contribution is 4.92. The van der Waals surface area contributed by atoms with Crippen LogP contribution >= 0.6 is 0 Å². The average molecular weight is 238 g/mol. The summed E-state index contributed by atoms with van der Waals surface area (Å²) < 4.78 is 7.52. The third-order valence-corrected chi connectivity index (χ3v) is 3.16. The number of aromatic nitrogens is 3. The van der Waals surface area contributed by atoms with Gasteiger partial charge in [0, 0.05) is 19.3 Å². The summed E-state index contributed by atoms with van der Waals surface area (Å²) in [5, 5.41) is 8.25. The van der Waals surface area contributed by atoms with Crippen LogP contribution in [0.3, 0.4) is 0 Å². The molecule has 96 valence electrons. The Morgan fingerprint density at radius 2 is 2.41 bits per heavy atom. The van der Waals surface area contributed by atoms with Gasteiger partial charge in [0.15, 0.2) is 0 Å². The zero-order valence-electron chi connectivity index (χ0n) is 10.3. The number of ether oxygens (including phenoxy) is 1. The topological polar surface area (TPSA) is 66.0 Å². The van der Waals surface area contributed by atoms with Crippen molar-refractivity contribution in [2.75, 3.05) is 13.2 Å². The molecular weight excluding hydrogens is 216 g/mol. The van der Waals surface area contributed by atoms with Gasteiger partial charge in [0.1, 0.15) is 0 Å². The number of hydrogen-bond donors (Lipinski definition) is 1. The van der Waals surface area contributed by atoms with Gasteiger partial charge in [0.25, 0.3) is 0 Å². The van der Waals surface area contributed by atoms with Crippen LogP contribution in [0.25, 0.3) is 0 Å². The van der Waals surface area contributed by atoms with Crippen LogP contribution in [0, 0.1) is 0 Å². The summed E-state index contributed by atoms with van der Waals surface area (Å²) in [5.74, 6) is 0. The molecule has 0 aromatic carbocycles. The molecule has 0 bridgehead atoms. The van der Waals surface area contributed by atoms with Gasteiger partial charge in [-0.2, -0.15) is 0 Å². The van der Waals surface area contributed by atoms with Crippen molar-refractivity contribution < 1.29 is 4.74 Å². The van der Waals surface area contributed by atoms with E-state index in [4.69, 9.17) is 10.5 Å². The number of aryl methyl sites for hydroxylation is 2. The maximum absolute atomic E-state index is 5.59. The summed E-state index contributed by atoms with van der Waals surface area (Å²) in [6.07, 6.45) is 9.12. The fourth-order valence-corrected chi connectivity index (χ4v) is 2.20. The second kappa shape index (κ2) is 6.71. The molecule has 5 nitrogen and oxygen atoms in total. The standard InChI is InChI=1S/C12H22N4O/c13-7-1-4-11-10-16(15-14-11)8-2-5-12-6-3-9-17-12/h10,12H,1-9,13H2. The Labute approximate surface area is 102 Å². The third kappa shape index (κ3) is 4.09. The van der Waals surface area contributed by atoms with Crippen molar-refractivity contribution in [3.63, 3.8) is 0 Å². The number of nitrogens with two attached hydrogens (primary N) is 1. The molecule has 5 heteroatoms. The van der Waals surface area contributed by atoms with Crippen LogP contribution in [0.4, 0.5) is 0 Å². The fraction of sp³-hybridized carbons (Fsp3) is 0.833. The zero-order chi connectivity index (χ0) is 11.9. The van der Waals surface area contributed by atoms with E-state index in [1.165, 1.54) is 12.8 Å². The molecule has 0 amide bonds. The summed E-state index contributed by atoms with van der Waals surface area (Å²) in [6, 6.07) is 0. The van der Waals surface area contributed by atoms with E-state index in [-0.39, 0.29) is 0 Å². The Bertz CT molecular complexity index is 320. The SMILES string of the molecule is NCCCc1cn(CCCC2CCCO2)nn1. The predicted octanol–water partition coefficient (Wildman–Crippen LogP) is 1.13. The van der Waals surface area contributed by atoms with E-state index in [0.29, 0.717) is 12.6 Å². The van der Waals surface area contributed by atoms with Gasteiger partial charge in [-0.05, 0) is 45.1 Å². The minimum Gasteiger partial charge on any atom is -0.378 e. The molecule has 17 heavy (non-hydrogen) atoms. The predicted molar refractivity (Wildman–Crippen MR) is 65.6 cm³/mol. The van der Waals surface area contributed by atoms with Crippen molar-refractivity contribution >= 4 is 0 Å². The summed E-state index contributed by atoms with van der Waals surface area (Å²) in [6.45, 7) is 2.60. The smallest absolute Gasteiger partial charge is 0.0827 e. The van der Waals surface area contributed by atoms with Crippen molar-refractivity contribution in [1.29, 1.82) is 0 Å². The molecule has 1 aromatic rings. The van der Waals surface area contributed by atoms with Crippen LogP contribution in [-0.2, 0) is 17.7 Å². The van der Waals surface area contributed by atoms with Crippen LogP contribution in [0.1, 0.15) is 37.8 Å². The van der Waals surface area contributed by atoms with E-state index in [2.05, 4.69) is 10.3 Å². The molecule has 1 aromatic heterocycles. The summed E-state index contributed by atoms with van der Waals surface area (Å²) in [5.41, 5.74) is 6.51. The lowest BCUT2D eigenvalue weighted by Gasteiger charge is -2.07. The molecule has 1 saturated heterocycles. The Morgan fingerprint density at radius 3 is 3.18 bits per heavy atom. The second-order valence-corrected chi connectivity index (χ2v) is 4.64. The molecule has 0 aliphatic carbocycles. The van der Waals surface area contributed by atoms with Crippen LogP contribution in [0.2, 0.25) is 0 Å².